The zero-order valence-electron chi connectivity index (χ0n) is 14.3. The molecule has 4 N–H and O–H groups in total. The fraction of sp³-hybridized carbons (Fsp3) is 0.647. The van der Waals surface area contributed by atoms with Gasteiger partial charge in [0, 0.05) is 19.4 Å². The van der Waals surface area contributed by atoms with E-state index in [0.717, 1.165) is 6.07 Å². The molecular weight excluding hydrogens is 350 g/mol. The first-order valence-electron chi connectivity index (χ1n) is 8.52. The van der Waals surface area contributed by atoms with Gasteiger partial charge in [-0.15, -0.1) is 0 Å². The Balaban J connectivity index is 1.88. The van der Waals surface area contributed by atoms with Crippen molar-refractivity contribution < 1.29 is 33.2 Å². The second kappa shape index (κ2) is 8.60. The minimum Gasteiger partial charge on any atom is -0.490 e. The van der Waals surface area contributed by atoms with E-state index in [4.69, 9.17) is 22.8 Å². The van der Waals surface area contributed by atoms with Crippen molar-refractivity contribution in [1.82, 2.24) is 5.32 Å². The van der Waals surface area contributed by atoms with Crippen LogP contribution in [-0.4, -0.2) is 48.1 Å². The summed E-state index contributed by atoms with van der Waals surface area (Å²) in [6.07, 6.45) is -0.622. The minimum absolute atomic E-state index is 0.00845. The molecule has 0 aromatic heterocycles. The van der Waals surface area contributed by atoms with Crippen molar-refractivity contribution in [3.8, 4) is 5.75 Å². The van der Waals surface area contributed by atoms with Gasteiger partial charge in [-0.2, -0.15) is 0 Å². The van der Waals surface area contributed by atoms with Crippen molar-refractivity contribution in [2.75, 3.05) is 13.2 Å². The molecule has 0 spiro atoms. The Labute approximate surface area is 151 Å². The maximum absolute atomic E-state index is 13.9. The molecule has 0 bridgehead atoms. The largest absolute Gasteiger partial charge is 0.490 e. The summed E-state index contributed by atoms with van der Waals surface area (Å²) in [5, 5.41) is 30.2. The third-order valence-electron chi connectivity index (χ3n) is 4.45. The highest BCUT2D eigenvalue weighted by Crippen LogP contribution is 2.36. The van der Waals surface area contributed by atoms with Gasteiger partial charge >= 0.3 is 0 Å². The first-order valence-corrected chi connectivity index (χ1v) is 8.52. The molecule has 1 saturated carbocycles. The van der Waals surface area contributed by atoms with Crippen LogP contribution < -0.4 is 10.1 Å². The van der Waals surface area contributed by atoms with E-state index in [9.17, 15) is 18.3 Å². The molecule has 0 heterocycles. The molecule has 1 aromatic carbocycles. The number of aliphatic hydroxyl groups is 3. The Bertz CT molecular complexity index is 588. The molecule has 2 rings (SSSR count). The maximum atomic E-state index is 13.9. The molecule has 1 fully saturated rings. The van der Waals surface area contributed by atoms with Crippen LogP contribution in [0.5, 0.6) is 5.75 Å². The SMILES string of the molecule is [B]C(O)(O)NCCC(O)c1ccc(F)c(OCC2CCC(F)(F)CC2)c1. The predicted octanol–water partition coefficient (Wildman–Crippen LogP) is 1.81. The van der Waals surface area contributed by atoms with Crippen LogP contribution in [0.15, 0.2) is 18.2 Å². The second-order valence-corrected chi connectivity index (χ2v) is 6.76. The fourth-order valence-electron chi connectivity index (χ4n) is 2.87. The summed E-state index contributed by atoms with van der Waals surface area (Å²) in [6, 6.07) is 3.90. The van der Waals surface area contributed by atoms with Gasteiger partial charge in [0.1, 0.15) is 0 Å². The normalized spacial score (nSPS) is 19.3. The molecular formula is C17H23BF3NO4. The Morgan fingerprint density at radius 3 is 2.58 bits per heavy atom. The summed E-state index contributed by atoms with van der Waals surface area (Å²) >= 11 is 0. The van der Waals surface area contributed by atoms with Crippen molar-refractivity contribution in [2.24, 2.45) is 5.92 Å². The standard InChI is InChI=1S/C17H23BF3NO4/c18-17(24,25)22-8-5-14(23)12-1-2-13(19)15(9-12)26-10-11-3-6-16(20,21)7-4-11/h1-2,9,11,14,22-25H,3-8,10H2. The van der Waals surface area contributed by atoms with E-state index in [1.807, 2.05) is 0 Å². The lowest BCUT2D eigenvalue weighted by molar-refractivity contribution is -0.112. The van der Waals surface area contributed by atoms with Crippen molar-refractivity contribution in [1.29, 1.82) is 0 Å². The Morgan fingerprint density at radius 2 is 1.96 bits per heavy atom. The van der Waals surface area contributed by atoms with Crippen LogP contribution in [-0.2, 0) is 0 Å². The predicted molar refractivity (Wildman–Crippen MR) is 89.3 cm³/mol. The molecule has 1 aliphatic carbocycles. The smallest absolute Gasteiger partial charge is 0.248 e. The van der Waals surface area contributed by atoms with E-state index in [-0.39, 0.29) is 44.1 Å². The number of halogens is 3. The van der Waals surface area contributed by atoms with E-state index < -0.39 is 23.7 Å². The van der Waals surface area contributed by atoms with Crippen molar-refractivity contribution in [3.05, 3.63) is 29.6 Å². The zero-order chi connectivity index (χ0) is 19.4. The summed E-state index contributed by atoms with van der Waals surface area (Å²) in [7, 11) is 4.93. The molecule has 0 amide bonds. The number of nitrogens with one attached hydrogen (secondary N) is 1. The lowest BCUT2D eigenvalue weighted by Crippen LogP contribution is -2.46. The number of rotatable bonds is 8. The quantitative estimate of drug-likeness (QED) is 0.413. The molecule has 1 atom stereocenters. The number of alkyl halides is 2. The molecule has 9 heteroatoms. The van der Waals surface area contributed by atoms with E-state index in [2.05, 4.69) is 5.32 Å². The molecule has 1 aromatic rings. The summed E-state index contributed by atoms with van der Waals surface area (Å²) in [4.78, 5) is 0. The Morgan fingerprint density at radius 1 is 1.31 bits per heavy atom. The van der Waals surface area contributed by atoms with Gasteiger partial charge in [-0.1, -0.05) is 6.07 Å². The lowest BCUT2D eigenvalue weighted by Gasteiger charge is -2.28. The van der Waals surface area contributed by atoms with Crippen molar-refractivity contribution >= 4 is 7.85 Å². The van der Waals surface area contributed by atoms with E-state index >= 15 is 0 Å². The zero-order valence-corrected chi connectivity index (χ0v) is 14.3. The molecule has 0 aliphatic heterocycles. The molecule has 144 valence electrons. The molecule has 1 aliphatic rings. The van der Waals surface area contributed by atoms with Crippen LogP contribution in [0.1, 0.15) is 43.8 Å². The van der Waals surface area contributed by atoms with Gasteiger partial charge in [0.2, 0.25) is 5.92 Å². The van der Waals surface area contributed by atoms with Gasteiger partial charge < -0.3 is 20.1 Å². The van der Waals surface area contributed by atoms with Gasteiger partial charge in [-0.25, -0.2) is 13.2 Å². The van der Waals surface area contributed by atoms with Gasteiger partial charge in [0.15, 0.2) is 25.2 Å². The molecule has 5 nitrogen and oxygen atoms in total. The highest BCUT2D eigenvalue weighted by atomic mass is 19.3. The lowest BCUT2D eigenvalue weighted by atomic mass is 9.87. The first-order chi connectivity index (χ1) is 12.1. The summed E-state index contributed by atoms with van der Waals surface area (Å²) in [6.45, 7) is 0.146. The van der Waals surface area contributed by atoms with E-state index in [1.165, 1.54) is 12.1 Å². The van der Waals surface area contributed by atoms with Crippen LogP contribution in [0.2, 0.25) is 0 Å². The molecule has 0 saturated heterocycles. The van der Waals surface area contributed by atoms with Crippen LogP contribution >= 0.6 is 0 Å². The third kappa shape index (κ3) is 6.79. The third-order valence-corrected chi connectivity index (χ3v) is 4.45. The number of ether oxygens (including phenoxy) is 1. The second-order valence-electron chi connectivity index (χ2n) is 6.76. The maximum Gasteiger partial charge on any atom is 0.248 e. The van der Waals surface area contributed by atoms with E-state index in [1.54, 1.807) is 0 Å². The highest BCUT2D eigenvalue weighted by molar-refractivity contribution is 6.12. The monoisotopic (exact) mass is 373 g/mol. The minimum atomic E-state index is -2.62. The summed E-state index contributed by atoms with van der Waals surface area (Å²) in [5.74, 6) is -5.87. The first kappa shape index (κ1) is 21.0. The van der Waals surface area contributed by atoms with E-state index in [0.29, 0.717) is 18.4 Å². The number of aliphatic hydroxyl groups excluding tert-OH is 1. The van der Waals surface area contributed by atoms with Crippen LogP contribution in [0.25, 0.3) is 0 Å². The topological polar surface area (TPSA) is 82.0 Å². The average Bonchev–Trinajstić information content (AvgIpc) is 2.54. The van der Waals surface area contributed by atoms with Crippen LogP contribution in [0.4, 0.5) is 13.2 Å². The van der Waals surface area contributed by atoms with Gasteiger partial charge in [0.05, 0.1) is 12.7 Å². The van der Waals surface area contributed by atoms with Crippen LogP contribution in [0, 0.1) is 11.7 Å². The molecule has 26 heavy (non-hydrogen) atoms. The average molecular weight is 373 g/mol. The number of benzene rings is 1. The van der Waals surface area contributed by atoms with Gasteiger partial charge in [-0.05, 0) is 42.9 Å². The summed E-state index contributed by atoms with van der Waals surface area (Å²) in [5.41, 5.74) is 0.386. The molecule has 2 radical (unpaired) electrons. The van der Waals surface area contributed by atoms with Gasteiger partial charge in [-0.3, -0.25) is 5.32 Å². The Hall–Kier alpha value is -1.29. The highest BCUT2D eigenvalue weighted by Gasteiger charge is 2.35. The number of hydrogen-bond donors (Lipinski definition) is 4. The molecule has 1 unspecified atom stereocenters. The summed E-state index contributed by atoms with van der Waals surface area (Å²) < 4.78 is 45.6. The fourth-order valence-corrected chi connectivity index (χ4v) is 2.87. The number of hydrogen-bond acceptors (Lipinski definition) is 5. The van der Waals surface area contributed by atoms with Crippen molar-refractivity contribution in [2.45, 2.75) is 49.9 Å². The van der Waals surface area contributed by atoms with Gasteiger partial charge in [0.25, 0.3) is 0 Å². The van der Waals surface area contributed by atoms with Crippen molar-refractivity contribution in [3.63, 3.8) is 0 Å². The van der Waals surface area contributed by atoms with Crippen LogP contribution in [0.3, 0.4) is 0 Å². The Kier molecular flexibility index (Phi) is 6.95.